The Balaban J connectivity index is 1.74. The zero-order valence-corrected chi connectivity index (χ0v) is 12.7. The van der Waals surface area contributed by atoms with E-state index < -0.39 is 12.0 Å². The molecule has 2 fully saturated rings. The lowest BCUT2D eigenvalue weighted by Crippen LogP contribution is -2.51. The number of aliphatic carboxylic acids is 1. The van der Waals surface area contributed by atoms with Crippen LogP contribution < -0.4 is 5.73 Å². The van der Waals surface area contributed by atoms with Crippen molar-refractivity contribution >= 4 is 11.9 Å². The van der Waals surface area contributed by atoms with Gasteiger partial charge >= 0.3 is 5.97 Å². The first-order valence-corrected chi connectivity index (χ1v) is 8.08. The highest BCUT2D eigenvalue weighted by atomic mass is 16.4. The molecule has 2 aliphatic rings. The van der Waals surface area contributed by atoms with Crippen molar-refractivity contribution in [2.45, 2.75) is 57.0 Å². The van der Waals surface area contributed by atoms with Crippen LogP contribution in [0.4, 0.5) is 0 Å². The first-order valence-electron chi connectivity index (χ1n) is 8.08. The van der Waals surface area contributed by atoms with E-state index in [1.807, 2.05) is 4.90 Å². The standard InChI is InChI=1S/C15H27N3O3/c16-13(4-5-14(19)20)15(21)18-10-6-12(7-11-18)17-8-2-1-3-9-17/h12-13H,1-11,16H2,(H,19,20). The smallest absolute Gasteiger partial charge is 0.303 e. The van der Waals surface area contributed by atoms with Gasteiger partial charge < -0.3 is 20.6 Å². The number of carboxylic acid groups (broad SMARTS) is 1. The maximum atomic E-state index is 12.2. The van der Waals surface area contributed by atoms with Crippen LogP contribution in [-0.4, -0.2) is 65.0 Å². The zero-order valence-electron chi connectivity index (χ0n) is 12.7. The van der Waals surface area contributed by atoms with Gasteiger partial charge in [-0.05, 0) is 45.2 Å². The summed E-state index contributed by atoms with van der Waals surface area (Å²) in [7, 11) is 0. The zero-order chi connectivity index (χ0) is 15.2. The minimum absolute atomic E-state index is 0.0445. The third-order valence-corrected chi connectivity index (χ3v) is 4.67. The molecule has 1 atom stereocenters. The van der Waals surface area contributed by atoms with Gasteiger partial charge in [-0.3, -0.25) is 9.59 Å². The van der Waals surface area contributed by atoms with E-state index in [2.05, 4.69) is 4.90 Å². The lowest BCUT2D eigenvalue weighted by atomic mass is 9.99. The highest BCUT2D eigenvalue weighted by Crippen LogP contribution is 2.21. The molecular weight excluding hydrogens is 270 g/mol. The molecule has 6 heteroatoms. The van der Waals surface area contributed by atoms with Crippen LogP contribution in [0.2, 0.25) is 0 Å². The molecule has 6 nitrogen and oxygen atoms in total. The molecule has 2 aliphatic heterocycles. The van der Waals surface area contributed by atoms with Gasteiger partial charge in [0, 0.05) is 25.6 Å². The molecule has 0 bridgehead atoms. The Morgan fingerprint density at radius 1 is 1.10 bits per heavy atom. The van der Waals surface area contributed by atoms with Gasteiger partial charge in [0.15, 0.2) is 0 Å². The Hall–Kier alpha value is -1.14. The number of nitrogens with two attached hydrogens (primary N) is 1. The summed E-state index contributed by atoms with van der Waals surface area (Å²) in [5, 5.41) is 8.65. The second kappa shape index (κ2) is 7.75. The molecule has 0 radical (unpaired) electrons. The van der Waals surface area contributed by atoms with Crippen molar-refractivity contribution in [3.8, 4) is 0 Å². The number of carboxylic acids is 1. The number of likely N-dealkylation sites (tertiary alicyclic amines) is 2. The van der Waals surface area contributed by atoms with Crippen LogP contribution in [0, 0.1) is 0 Å². The van der Waals surface area contributed by atoms with Gasteiger partial charge in [-0.2, -0.15) is 0 Å². The molecule has 1 unspecified atom stereocenters. The average Bonchev–Trinajstić information content (AvgIpc) is 2.53. The lowest BCUT2D eigenvalue weighted by Gasteiger charge is -2.40. The summed E-state index contributed by atoms with van der Waals surface area (Å²) in [6.45, 7) is 3.88. The summed E-state index contributed by atoms with van der Waals surface area (Å²) in [5.74, 6) is -0.990. The summed E-state index contributed by atoms with van der Waals surface area (Å²) in [6.07, 6.45) is 6.12. The molecule has 0 aromatic carbocycles. The highest BCUT2D eigenvalue weighted by Gasteiger charge is 2.29. The first kappa shape index (κ1) is 16.2. The van der Waals surface area contributed by atoms with E-state index in [1.54, 1.807) is 0 Å². The highest BCUT2D eigenvalue weighted by molar-refractivity contribution is 5.82. The van der Waals surface area contributed by atoms with E-state index in [0.29, 0.717) is 6.04 Å². The number of hydrogen-bond acceptors (Lipinski definition) is 4. The third kappa shape index (κ3) is 4.68. The number of carbonyl (C=O) groups excluding carboxylic acids is 1. The molecule has 0 saturated carbocycles. The van der Waals surface area contributed by atoms with E-state index >= 15 is 0 Å². The van der Waals surface area contributed by atoms with Gasteiger partial charge in [-0.1, -0.05) is 6.42 Å². The minimum Gasteiger partial charge on any atom is -0.481 e. The van der Waals surface area contributed by atoms with Crippen molar-refractivity contribution in [1.29, 1.82) is 0 Å². The van der Waals surface area contributed by atoms with E-state index in [4.69, 9.17) is 10.8 Å². The monoisotopic (exact) mass is 297 g/mol. The number of rotatable bonds is 5. The van der Waals surface area contributed by atoms with Crippen LogP contribution in [0.15, 0.2) is 0 Å². The number of hydrogen-bond donors (Lipinski definition) is 2. The van der Waals surface area contributed by atoms with Crippen LogP contribution in [-0.2, 0) is 9.59 Å². The fourth-order valence-electron chi connectivity index (χ4n) is 3.37. The van der Waals surface area contributed by atoms with E-state index in [0.717, 1.165) is 25.9 Å². The number of amides is 1. The van der Waals surface area contributed by atoms with Crippen molar-refractivity contribution in [2.24, 2.45) is 5.73 Å². The second-order valence-electron chi connectivity index (χ2n) is 6.19. The molecule has 0 spiro atoms. The van der Waals surface area contributed by atoms with Crippen molar-refractivity contribution in [3.05, 3.63) is 0 Å². The molecule has 0 aromatic heterocycles. The van der Waals surface area contributed by atoms with Gasteiger partial charge in [-0.15, -0.1) is 0 Å². The Morgan fingerprint density at radius 3 is 2.29 bits per heavy atom. The summed E-state index contributed by atoms with van der Waals surface area (Å²) in [5.41, 5.74) is 5.81. The van der Waals surface area contributed by atoms with Crippen molar-refractivity contribution in [1.82, 2.24) is 9.80 Å². The fraction of sp³-hybridized carbons (Fsp3) is 0.867. The molecular formula is C15H27N3O3. The fourth-order valence-corrected chi connectivity index (χ4v) is 3.37. The van der Waals surface area contributed by atoms with Gasteiger partial charge in [0.2, 0.25) is 5.91 Å². The van der Waals surface area contributed by atoms with Crippen LogP contribution >= 0.6 is 0 Å². The summed E-state index contributed by atoms with van der Waals surface area (Å²) in [4.78, 5) is 27.1. The van der Waals surface area contributed by atoms with Gasteiger partial charge in [-0.25, -0.2) is 0 Å². The van der Waals surface area contributed by atoms with Crippen LogP contribution in [0.1, 0.15) is 44.9 Å². The molecule has 3 N–H and O–H groups in total. The summed E-state index contributed by atoms with van der Waals surface area (Å²) in [6, 6.07) is -0.0720. The predicted molar refractivity (Wildman–Crippen MR) is 79.9 cm³/mol. The largest absolute Gasteiger partial charge is 0.481 e. The van der Waals surface area contributed by atoms with Gasteiger partial charge in [0.1, 0.15) is 0 Å². The average molecular weight is 297 g/mol. The molecule has 2 rings (SSSR count). The molecule has 120 valence electrons. The maximum Gasteiger partial charge on any atom is 0.303 e. The molecule has 0 aliphatic carbocycles. The number of nitrogens with zero attached hydrogens (tertiary/aromatic N) is 2. The van der Waals surface area contributed by atoms with Gasteiger partial charge in [0.25, 0.3) is 0 Å². The van der Waals surface area contributed by atoms with Crippen molar-refractivity contribution in [2.75, 3.05) is 26.2 Å². The van der Waals surface area contributed by atoms with Gasteiger partial charge in [0.05, 0.1) is 6.04 Å². The molecule has 2 saturated heterocycles. The van der Waals surface area contributed by atoms with Crippen molar-refractivity contribution < 1.29 is 14.7 Å². The predicted octanol–water partition coefficient (Wildman–Crippen LogP) is 0.655. The van der Waals surface area contributed by atoms with E-state index in [1.165, 1.54) is 32.4 Å². The normalized spacial score (nSPS) is 23.0. The number of piperidine rings is 2. The minimum atomic E-state index is -0.901. The van der Waals surface area contributed by atoms with E-state index in [9.17, 15) is 9.59 Å². The molecule has 21 heavy (non-hydrogen) atoms. The van der Waals surface area contributed by atoms with Crippen LogP contribution in [0.5, 0.6) is 0 Å². The first-order chi connectivity index (χ1) is 10.1. The van der Waals surface area contributed by atoms with Crippen LogP contribution in [0.3, 0.4) is 0 Å². The molecule has 0 aromatic rings. The number of carbonyl (C=O) groups is 2. The van der Waals surface area contributed by atoms with Crippen molar-refractivity contribution in [3.63, 3.8) is 0 Å². The quantitative estimate of drug-likeness (QED) is 0.778. The van der Waals surface area contributed by atoms with Crippen LogP contribution in [0.25, 0.3) is 0 Å². The Labute approximate surface area is 126 Å². The molecule has 1 amide bonds. The summed E-state index contributed by atoms with van der Waals surface area (Å²) < 4.78 is 0. The Kier molecular flexibility index (Phi) is 5.99. The SMILES string of the molecule is NC(CCC(=O)O)C(=O)N1CCC(N2CCCCC2)CC1. The lowest BCUT2D eigenvalue weighted by molar-refractivity contribution is -0.138. The molecule has 2 heterocycles. The third-order valence-electron chi connectivity index (χ3n) is 4.67. The maximum absolute atomic E-state index is 12.2. The Bertz CT molecular complexity index is 361. The van der Waals surface area contributed by atoms with E-state index in [-0.39, 0.29) is 18.7 Å². The summed E-state index contributed by atoms with van der Waals surface area (Å²) >= 11 is 0. The second-order valence-corrected chi connectivity index (χ2v) is 6.19. The Morgan fingerprint density at radius 2 is 1.71 bits per heavy atom. The topological polar surface area (TPSA) is 86.9 Å².